The van der Waals surface area contributed by atoms with E-state index in [1.165, 1.54) is 24.2 Å². The number of amides is 1. The maximum absolute atomic E-state index is 11.7. The highest BCUT2D eigenvalue weighted by Crippen LogP contribution is 2.12. The number of carbonyl (C=O) groups is 1. The quantitative estimate of drug-likeness (QED) is 0.880. The zero-order chi connectivity index (χ0) is 14.5. The Bertz CT molecular complexity index is 439. The van der Waals surface area contributed by atoms with E-state index in [1.54, 1.807) is 20.2 Å². The molecule has 0 aromatic carbocycles. The number of piperidine rings is 1. The fourth-order valence-corrected chi connectivity index (χ4v) is 2.38. The van der Waals surface area contributed by atoms with Gasteiger partial charge in [0.2, 0.25) is 0 Å². The molecule has 1 aromatic rings. The summed E-state index contributed by atoms with van der Waals surface area (Å²) in [6, 6.07) is 4.10. The molecule has 1 atom stereocenters. The first-order valence-electron chi connectivity index (χ1n) is 7.08. The molecule has 1 aromatic heterocycles. The van der Waals surface area contributed by atoms with Crippen LogP contribution in [-0.4, -0.2) is 61.3 Å². The minimum atomic E-state index is -0.124. The van der Waals surface area contributed by atoms with Gasteiger partial charge in [-0.15, -0.1) is 10.2 Å². The van der Waals surface area contributed by atoms with Crippen LogP contribution in [0.1, 0.15) is 29.8 Å². The summed E-state index contributed by atoms with van der Waals surface area (Å²) >= 11 is 0. The summed E-state index contributed by atoms with van der Waals surface area (Å²) in [7, 11) is 5.42. The first kappa shape index (κ1) is 14.7. The zero-order valence-corrected chi connectivity index (χ0v) is 12.5. The van der Waals surface area contributed by atoms with Gasteiger partial charge in [0.15, 0.2) is 11.5 Å². The Hall–Kier alpha value is -1.69. The van der Waals surface area contributed by atoms with Crippen LogP contribution in [0.25, 0.3) is 0 Å². The number of anilines is 1. The van der Waals surface area contributed by atoms with E-state index in [9.17, 15) is 4.79 Å². The van der Waals surface area contributed by atoms with Crippen LogP contribution in [0.15, 0.2) is 12.1 Å². The average molecular weight is 277 g/mol. The fourth-order valence-electron chi connectivity index (χ4n) is 2.38. The topological polar surface area (TPSA) is 61.4 Å². The van der Waals surface area contributed by atoms with Crippen molar-refractivity contribution in [2.45, 2.75) is 25.3 Å². The second-order valence-electron chi connectivity index (χ2n) is 5.50. The minimum absolute atomic E-state index is 0.124. The molecule has 0 spiro atoms. The molecule has 1 aliphatic rings. The molecule has 0 radical (unpaired) electrons. The summed E-state index contributed by atoms with van der Waals surface area (Å²) in [5.41, 5.74) is 0.378. The van der Waals surface area contributed by atoms with E-state index in [0.717, 1.165) is 18.9 Å². The fraction of sp³-hybridized carbons (Fsp3) is 0.643. The Balaban J connectivity index is 1.96. The summed E-state index contributed by atoms with van der Waals surface area (Å²) in [5.74, 6) is 0.674. The summed E-state index contributed by atoms with van der Waals surface area (Å²) < 4.78 is 0. The van der Waals surface area contributed by atoms with Gasteiger partial charge in [-0.3, -0.25) is 4.79 Å². The molecule has 2 heterocycles. The van der Waals surface area contributed by atoms with E-state index in [2.05, 4.69) is 20.4 Å². The molecular formula is C14H23N5O. The second-order valence-corrected chi connectivity index (χ2v) is 5.50. The van der Waals surface area contributed by atoms with Gasteiger partial charge in [0, 0.05) is 33.7 Å². The van der Waals surface area contributed by atoms with Crippen LogP contribution in [-0.2, 0) is 0 Å². The normalized spacial score (nSPS) is 18.6. The lowest BCUT2D eigenvalue weighted by Gasteiger charge is -2.28. The van der Waals surface area contributed by atoms with Crippen LogP contribution < -0.4 is 10.2 Å². The predicted molar refractivity (Wildman–Crippen MR) is 79.0 cm³/mol. The van der Waals surface area contributed by atoms with Crippen LogP contribution >= 0.6 is 0 Å². The molecule has 20 heavy (non-hydrogen) atoms. The van der Waals surface area contributed by atoms with Crippen LogP contribution in [0.5, 0.6) is 0 Å². The summed E-state index contributed by atoms with van der Waals surface area (Å²) in [6.07, 6.45) is 3.75. The average Bonchev–Trinajstić information content (AvgIpc) is 2.47. The number of hydrogen-bond donors (Lipinski definition) is 1. The second kappa shape index (κ2) is 6.65. The Labute approximate surface area is 120 Å². The van der Waals surface area contributed by atoms with Gasteiger partial charge in [-0.1, -0.05) is 6.42 Å². The highest BCUT2D eigenvalue weighted by molar-refractivity contribution is 5.91. The van der Waals surface area contributed by atoms with Gasteiger partial charge in [-0.25, -0.2) is 0 Å². The number of nitrogens with zero attached hydrogens (tertiary/aromatic N) is 4. The molecule has 6 heteroatoms. The zero-order valence-electron chi connectivity index (χ0n) is 12.5. The Morgan fingerprint density at radius 1 is 1.30 bits per heavy atom. The van der Waals surface area contributed by atoms with Gasteiger partial charge in [-0.2, -0.15) is 0 Å². The summed E-state index contributed by atoms with van der Waals surface area (Å²) in [4.78, 5) is 15.3. The Kier molecular flexibility index (Phi) is 4.89. The lowest BCUT2D eigenvalue weighted by atomic mass is 10.0. The van der Waals surface area contributed by atoms with Gasteiger partial charge >= 0.3 is 0 Å². The van der Waals surface area contributed by atoms with Crippen LogP contribution in [0.4, 0.5) is 5.82 Å². The van der Waals surface area contributed by atoms with Crippen LogP contribution in [0.3, 0.4) is 0 Å². The third kappa shape index (κ3) is 3.66. The van der Waals surface area contributed by atoms with Crippen molar-refractivity contribution in [3.05, 3.63) is 17.8 Å². The molecule has 1 saturated heterocycles. The molecule has 0 aliphatic carbocycles. The van der Waals surface area contributed by atoms with Gasteiger partial charge < -0.3 is 15.1 Å². The van der Waals surface area contributed by atoms with Crippen molar-refractivity contribution < 1.29 is 4.79 Å². The van der Waals surface area contributed by atoms with Crippen molar-refractivity contribution in [2.24, 2.45) is 0 Å². The maximum atomic E-state index is 11.7. The summed E-state index contributed by atoms with van der Waals surface area (Å²) in [6.45, 7) is 2.01. The molecule has 0 bridgehead atoms. The summed E-state index contributed by atoms with van der Waals surface area (Å²) in [5, 5.41) is 11.7. The van der Waals surface area contributed by atoms with Crippen molar-refractivity contribution in [2.75, 3.05) is 39.1 Å². The molecule has 1 aliphatic heterocycles. The highest BCUT2D eigenvalue weighted by Gasteiger charge is 2.16. The number of nitrogens with one attached hydrogen (secondary N) is 1. The van der Waals surface area contributed by atoms with Gasteiger partial charge in [0.25, 0.3) is 5.91 Å². The van der Waals surface area contributed by atoms with E-state index in [1.807, 2.05) is 13.1 Å². The molecule has 6 nitrogen and oxygen atoms in total. The number of aromatic nitrogens is 2. The van der Waals surface area contributed by atoms with Crippen molar-refractivity contribution >= 4 is 11.7 Å². The first-order valence-corrected chi connectivity index (χ1v) is 7.08. The third-order valence-electron chi connectivity index (χ3n) is 3.57. The Morgan fingerprint density at radius 2 is 2.10 bits per heavy atom. The van der Waals surface area contributed by atoms with Crippen molar-refractivity contribution in [3.8, 4) is 0 Å². The van der Waals surface area contributed by atoms with E-state index in [-0.39, 0.29) is 5.91 Å². The van der Waals surface area contributed by atoms with E-state index >= 15 is 0 Å². The molecule has 0 saturated carbocycles. The third-order valence-corrected chi connectivity index (χ3v) is 3.57. The van der Waals surface area contributed by atoms with E-state index in [4.69, 9.17) is 0 Å². The van der Waals surface area contributed by atoms with E-state index in [0.29, 0.717) is 11.7 Å². The number of rotatable bonds is 4. The molecule has 1 fully saturated rings. The predicted octanol–water partition coefficient (Wildman–Crippen LogP) is 0.757. The molecule has 1 unspecified atom stereocenters. The molecule has 2 rings (SSSR count). The Morgan fingerprint density at radius 3 is 2.65 bits per heavy atom. The smallest absolute Gasteiger partial charge is 0.273 e. The van der Waals surface area contributed by atoms with E-state index < -0.39 is 0 Å². The monoisotopic (exact) mass is 277 g/mol. The number of likely N-dealkylation sites (N-methyl/N-ethyl adjacent to an activating group) is 1. The van der Waals surface area contributed by atoms with Crippen molar-refractivity contribution in [1.82, 2.24) is 20.4 Å². The minimum Gasteiger partial charge on any atom is -0.357 e. The van der Waals surface area contributed by atoms with Crippen LogP contribution in [0.2, 0.25) is 0 Å². The van der Waals surface area contributed by atoms with Gasteiger partial charge in [0.1, 0.15) is 0 Å². The SMILES string of the molecule is CN(C)C(=O)c1ccc(N(C)CC2CCCCN2)nn1. The lowest BCUT2D eigenvalue weighted by molar-refractivity contribution is 0.0821. The van der Waals surface area contributed by atoms with Crippen molar-refractivity contribution in [1.29, 1.82) is 0 Å². The lowest BCUT2D eigenvalue weighted by Crippen LogP contribution is -2.42. The highest BCUT2D eigenvalue weighted by atomic mass is 16.2. The number of hydrogen-bond acceptors (Lipinski definition) is 5. The maximum Gasteiger partial charge on any atom is 0.273 e. The molecular weight excluding hydrogens is 254 g/mol. The largest absolute Gasteiger partial charge is 0.357 e. The van der Waals surface area contributed by atoms with Crippen LogP contribution in [0, 0.1) is 0 Å². The number of carbonyl (C=O) groups excluding carboxylic acids is 1. The van der Waals surface area contributed by atoms with Crippen molar-refractivity contribution in [3.63, 3.8) is 0 Å². The van der Waals surface area contributed by atoms with Gasteiger partial charge in [-0.05, 0) is 31.5 Å². The molecule has 110 valence electrons. The van der Waals surface area contributed by atoms with Gasteiger partial charge in [0.05, 0.1) is 0 Å². The molecule has 1 amide bonds. The first-order chi connectivity index (χ1) is 9.58. The standard InChI is InChI=1S/C14H23N5O/c1-18(2)14(20)12-7-8-13(17-16-12)19(3)10-11-6-4-5-9-15-11/h7-8,11,15H,4-6,9-10H2,1-3H3. The molecule has 1 N–H and O–H groups in total.